The van der Waals surface area contributed by atoms with Crippen LogP contribution in [0.4, 0.5) is 5.69 Å². The molecular formula is C8H11N3O5S. The van der Waals surface area contributed by atoms with Crippen LogP contribution in [-0.2, 0) is 15.0 Å². The van der Waals surface area contributed by atoms with E-state index < -0.39 is 23.0 Å². The zero-order valence-corrected chi connectivity index (χ0v) is 9.40. The molecule has 0 bridgehead atoms. The van der Waals surface area contributed by atoms with Crippen molar-refractivity contribution in [3.05, 3.63) is 29.8 Å². The predicted molar refractivity (Wildman–Crippen MR) is 59.2 cm³/mol. The van der Waals surface area contributed by atoms with Crippen LogP contribution in [0.5, 0.6) is 0 Å². The Labute approximate surface area is 97.6 Å². The number of esters is 1. The summed E-state index contributed by atoms with van der Waals surface area (Å²) in [6, 6.07) is 6.00. The summed E-state index contributed by atoms with van der Waals surface area (Å²) in [4.78, 5) is 11.3. The molecule has 8 nitrogen and oxygen atoms in total. The number of nitrogens with two attached hydrogens (primary N) is 1. The fraction of sp³-hybridized carbons (Fsp3) is 0.125. The van der Waals surface area contributed by atoms with Gasteiger partial charge in [-0.15, -0.1) is 0 Å². The maximum Gasteiger partial charge on any atom is 0.339 e. The smallest absolute Gasteiger partial charge is 0.339 e. The van der Waals surface area contributed by atoms with E-state index >= 15 is 0 Å². The lowest BCUT2D eigenvalue weighted by atomic mass is 10.2. The number of hydrazine groups is 1. The third-order valence-electron chi connectivity index (χ3n) is 1.73. The second-order valence-corrected chi connectivity index (χ2v) is 4.16. The molecule has 0 unspecified atom stereocenters. The highest BCUT2D eigenvalue weighted by Gasteiger charge is 2.08. The molecule has 0 amide bonds. The topological polar surface area (TPSA) is 131 Å². The maximum absolute atomic E-state index is 11.3. The average molecular weight is 261 g/mol. The van der Waals surface area contributed by atoms with Crippen molar-refractivity contribution in [2.45, 2.75) is 0 Å². The predicted octanol–water partition coefficient (Wildman–Crippen LogP) is -0.521. The molecule has 0 heterocycles. The summed E-state index contributed by atoms with van der Waals surface area (Å²) in [6.45, 7) is -0.644. The Balaban J connectivity index is 2.52. The van der Waals surface area contributed by atoms with E-state index in [-0.39, 0.29) is 5.56 Å². The van der Waals surface area contributed by atoms with Gasteiger partial charge in [-0.2, -0.15) is 13.1 Å². The van der Waals surface area contributed by atoms with E-state index in [2.05, 4.69) is 10.2 Å². The van der Waals surface area contributed by atoms with Crippen LogP contribution in [0.3, 0.4) is 0 Å². The van der Waals surface area contributed by atoms with E-state index in [0.717, 1.165) is 0 Å². The molecular weight excluding hydrogens is 250 g/mol. The van der Waals surface area contributed by atoms with Crippen LogP contribution in [0.15, 0.2) is 24.3 Å². The van der Waals surface area contributed by atoms with Gasteiger partial charge < -0.3 is 10.2 Å². The van der Waals surface area contributed by atoms with Crippen molar-refractivity contribution in [1.82, 2.24) is 4.72 Å². The SMILES string of the molecule is NNc1ccc(C(=O)OCNS(=O)(=O)O)cc1. The minimum Gasteiger partial charge on any atom is -0.445 e. The summed E-state index contributed by atoms with van der Waals surface area (Å²) in [6.07, 6.45) is 0. The molecule has 17 heavy (non-hydrogen) atoms. The van der Waals surface area contributed by atoms with Gasteiger partial charge in [0.1, 0.15) is 0 Å². The molecule has 9 heteroatoms. The first-order valence-corrected chi connectivity index (χ1v) is 5.82. The van der Waals surface area contributed by atoms with E-state index in [1.54, 1.807) is 16.9 Å². The summed E-state index contributed by atoms with van der Waals surface area (Å²) in [5.74, 6) is 4.40. The van der Waals surface area contributed by atoms with Crippen molar-refractivity contribution in [3.8, 4) is 0 Å². The van der Waals surface area contributed by atoms with Gasteiger partial charge in [0, 0.05) is 5.69 Å². The molecule has 0 aliphatic rings. The van der Waals surface area contributed by atoms with Crippen molar-refractivity contribution < 1.29 is 22.5 Å². The lowest BCUT2D eigenvalue weighted by Crippen LogP contribution is -2.27. The fourth-order valence-corrected chi connectivity index (χ4v) is 1.16. The third-order valence-corrected chi connectivity index (χ3v) is 2.21. The number of hydrogen-bond acceptors (Lipinski definition) is 6. The monoisotopic (exact) mass is 261 g/mol. The molecule has 0 aromatic heterocycles. The number of nitrogens with one attached hydrogen (secondary N) is 2. The van der Waals surface area contributed by atoms with Crippen molar-refractivity contribution >= 4 is 22.0 Å². The first kappa shape index (κ1) is 13.4. The first-order chi connectivity index (χ1) is 7.92. The fourth-order valence-electron chi connectivity index (χ4n) is 0.955. The van der Waals surface area contributed by atoms with Crippen molar-refractivity contribution in [2.24, 2.45) is 5.84 Å². The lowest BCUT2D eigenvalue weighted by molar-refractivity contribution is 0.0497. The summed E-state index contributed by atoms with van der Waals surface area (Å²) in [5.41, 5.74) is 3.21. The summed E-state index contributed by atoms with van der Waals surface area (Å²) in [5, 5.41) is 0. The van der Waals surface area contributed by atoms with Gasteiger partial charge in [-0.05, 0) is 24.3 Å². The molecule has 1 aromatic rings. The van der Waals surface area contributed by atoms with Gasteiger partial charge in [0.2, 0.25) is 0 Å². The second-order valence-electron chi connectivity index (χ2n) is 2.92. The molecule has 0 aliphatic carbocycles. The number of rotatable bonds is 5. The van der Waals surface area contributed by atoms with Crippen LogP contribution in [0.1, 0.15) is 10.4 Å². The zero-order valence-electron chi connectivity index (χ0n) is 8.58. The van der Waals surface area contributed by atoms with Crippen LogP contribution in [0.2, 0.25) is 0 Å². The van der Waals surface area contributed by atoms with Gasteiger partial charge >= 0.3 is 16.3 Å². The standard InChI is InChI=1S/C8H11N3O5S/c9-11-7-3-1-6(2-4-7)8(12)16-5-10-17(13,14)15/h1-4,10-11H,5,9H2,(H,13,14,15). The van der Waals surface area contributed by atoms with Crippen molar-refractivity contribution in [2.75, 3.05) is 12.2 Å². The largest absolute Gasteiger partial charge is 0.445 e. The number of carbonyl (C=O) groups excluding carboxylic acids is 1. The Morgan fingerprint density at radius 2 is 1.94 bits per heavy atom. The molecule has 1 rings (SSSR count). The van der Waals surface area contributed by atoms with Crippen LogP contribution in [0, 0.1) is 0 Å². The number of nitrogen functional groups attached to an aromatic ring is 1. The first-order valence-electron chi connectivity index (χ1n) is 4.38. The molecule has 5 N–H and O–H groups in total. The summed E-state index contributed by atoms with van der Waals surface area (Å²) < 4.78 is 35.0. The van der Waals surface area contributed by atoms with Crippen molar-refractivity contribution in [1.29, 1.82) is 0 Å². The number of hydrogen-bond donors (Lipinski definition) is 4. The molecule has 1 aromatic carbocycles. The van der Waals surface area contributed by atoms with Gasteiger partial charge in [0.15, 0.2) is 6.73 Å². The Morgan fingerprint density at radius 3 is 2.41 bits per heavy atom. The second kappa shape index (κ2) is 5.59. The van der Waals surface area contributed by atoms with Crippen molar-refractivity contribution in [3.63, 3.8) is 0 Å². The molecule has 94 valence electrons. The average Bonchev–Trinajstić information content (AvgIpc) is 2.27. The van der Waals surface area contributed by atoms with Crippen LogP contribution in [-0.4, -0.2) is 25.7 Å². The van der Waals surface area contributed by atoms with Crippen LogP contribution in [0.25, 0.3) is 0 Å². The van der Waals surface area contributed by atoms with Gasteiger partial charge in [-0.1, -0.05) is 0 Å². The summed E-state index contributed by atoms with van der Waals surface area (Å²) in [7, 11) is -4.37. The van der Waals surface area contributed by atoms with E-state index in [9.17, 15) is 13.2 Å². The molecule has 0 atom stereocenters. The lowest BCUT2D eigenvalue weighted by Gasteiger charge is -2.05. The van der Waals surface area contributed by atoms with E-state index in [4.69, 9.17) is 10.4 Å². The molecule has 0 radical (unpaired) electrons. The van der Waals surface area contributed by atoms with Gasteiger partial charge in [0.25, 0.3) is 0 Å². The molecule has 0 aliphatic heterocycles. The number of carbonyl (C=O) groups is 1. The Bertz CT molecular complexity index is 484. The van der Waals surface area contributed by atoms with E-state index in [0.29, 0.717) is 5.69 Å². The minimum absolute atomic E-state index is 0.223. The molecule has 0 spiro atoms. The number of benzene rings is 1. The normalized spacial score (nSPS) is 10.9. The van der Waals surface area contributed by atoms with Gasteiger partial charge in [0.05, 0.1) is 5.56 Å². The minimum atomic E-state index is -4.37. The highest BCUT2D eigenvalue weighted by Crippen LogP contribution is 2.08. The Hall–Kier alpha value is -1.68. The Morgan fingerprint density at radius 1 is 1.35 bits per heavy atom. The molecule has 0 saturated carbocycles. The van der Waals surface area contributed by atoms with Gasteiger partial charge in [-0.3, -0.25) is 10.4 Å². The van der Waals surface area contributed by atoms with E-state index in [1.807, 2.05) is 0 Å². The highest BCUT2D eigenvalue weighted by atomic mass is 32.2. The van der Waals surface area contributed by atoms with Crippen LogP contribution >= 0.6 is 0 Å². The van der Waals surface area contributed by atoms with Crippen LogP contribution < -0.4 is 16.0 Å². The Kier molecular flexibility index (Phi) is 4.40. The molecule has 0 fully saturated rings. The number of anilines is 1. The molecule has 0 saturated heterocycles. The van der Waals surface area contributed by atoms with Gasteiger partial charge in [-0.25, -0.2) is 4.79 Å². The quantitative estimate of drug-likeness (QED) is 0.184. The summed E-state index contributed by atoms with van der Waals surface area (Å²) >= 11 is 0. The zero-order chi connectivity index (χ0) is 12.9. The number of ether oxygens (including phenoxy) is 1. The van der Waals surface area contributed by atoms with E-state index in [1.165, 1.54) is 12.1 Å². The highest BCUT2D eigenvalue weighted by molar-refractivity contribution is 7.83. The third kappa shape index (κ3) is 4.78. The maximum atomic E-state index is 11.3.